The number of nitrogens with one attached hydrogen (secondary N) is 1. The van der Waals surface area contributed by atoms with Crippen molar-refractivity contribution in [2.75, 3.05) is 0 Å². The van der Waals surface area contributed by atoms with Crippen LogP contribution in [0.2, 0.25) is 0 Å². The molecule has 0 bridgehead atoms. The highest BCUT2D eigenvalue weighted by atomic mass is 16.1. The normalized spacial score (nSPS) is 11.0. The number of carbonyl (C=O) groups is 1. The standard InChI is InChI=1S/C25H22N8O/c1-2-14-33-22(27-25(30-33)23(34)18-8-4-3-5-9-18)15-17-12-13-21(26-16-17)19-10-6-7-11-20(19)24-28-31-32-29-24/h3-13,16H,2,14-15H2,1H3,(H,28,29,31,32). The molecule has 1 N–H and O–H groups in total. The van der Waals surface area contributed by atoms with Crippen molar-refractivity contribution in [2.45, 2.75) is 26.3 Å². The zero-order valence-corrected chi connectivity index (χ0v) is 18.6. The van der Waals surface area contributed by atoms with E-state index in [-0.39, 0.29) is 11.6 Å². The second-order valence-corrected chi connectivity index (χ2v) is 7.78. The van der Waals surface area contributed by atoms with Gasteiger partial charge in [-0.05, 0) is 23.3 Å². The summed E-state index contributed by atoms with van der Waals surface area (Å²) in [5, 5.41) is 18.8. The number of tetrazole rings is 1. The molecule has 0 saturated heterocycles. The molecule has 0 radical (unpaired) electrons. The van der Waals surface area contributed by atoms with Crippen molar-refractivity contribution in [3.63, 3.8) is 0 Å². The fraction of sp³-hybridized carbons (Fsp3) is 0.160. The van der Waals surface area contributed by atoms with Crippen molar-refractivity contribution in [1.82, 2.24) is 40.4 Å². The van der Waals surface area contributed by atoms with Gasteiger partial charge in [0.1, 0.15) is 5.82 Å². The molecule has 0 atom stereocenters. The molecule has 0 fully saturated rings. The molecule has 3 heterocycles. The highest BCUT2D eigenvalue weighted by Crippen LogP contribution is 2.28. The molecule has 0 amide bonds. The molecular weight excluding hydrogens is 428 g/mol. The van der Waals surface area contributed by atoms with E-state index in [1.54, 1.807) is 12.1 Å². The van der Waals surface area contributed by atoms with E-state index in [0.29, 0.717) is 24.4 Å². The molecule has 3 aromatic heterocycles. The van der Waals surface area contributed by atoms with Gasteiger partial charge in [-0.3, -0.25) is 9.78 Å². The van der Waals surface area contributed by atoms with Crippen LogP contribution in [0, 0.1) is 0 Å². The van der Waals surface area contributed by atoms with E-state index in [2.05, 4.69) is 42.6 Å². The van der Waals surface area contributed by atoms with Gasteiger partial charge < -0.3 is 0 Å². The lowest BCUT2D eigenvalue weighted by atomic mass is 10.0. The predicted molar refractivity (Wildman–Crippen MR) is 126 cm³/mol. The van der Waals surface area contributed by atoms with Crippen LogP contribution in [0.4, 0.5) is 0 Å². The Kier molecular flexibility index (Phi) is 5.98. The Morgan fingerprint density at radius 3 is 2.47 bits per heavy atom. The Labute approximate surface area is 195 Å². The molecule has 0 spiro atoms. The first kappa shape index (κ1) is 21.3. The first-order valence-corrected chi connectivity index (χ1v) is 11.0. The number of H-pyrrole nitrogens is 1. The fourth-order valence-electron chi connectivity index (χ4n) is 3.76. The molecule has 0 aliphatic rings. The van der Waals surface area contributed by atoms with Crippen LogP contribution in [0.1, 0.15) is 40.9 Å². The van der Waals surface area contributed by atoms with E-state index in [1.807, 2.05) is 65.5 Å². The van der Waals surface area contributed by atoms with Gasteiger partial charge in [0.15, 0.2) is 0 Å². The first-order chi connectivity index (χ1) is 16.7. The van der Waals surface area contributed by atoms with Gasteiger partial charge in [-0.1, -0.05) is 67.6 Å². The molecule has 34 heavy (non-hydrogen) atoms. The van der Waals surface area contributed by atoms with Gasteiger partial charge >= 0.3 is 0 Å². The summed E-state index contributed by atoms with van der Waals surface area (Å²) in [5.74, 6) is 1.30. The highest BCUT2D eigenvalue weighted by Gasteiger charge is 2.18. The highest BCUT2D eigenvalue weighted by molar-refractivity contribution is 6.06. The summed E-state index contributed by atoms with van der Waals surface area (Å²) >= 11 is 0. The lowest BCUT2D eigenvalue weighted by Gasteiger charge is -2.08. The monoisotopic (exact) mass is 450 g/mol. The number of rotatable bonds is 8. The average Bonchev–Trinajstić information content (AvgIpc) is 3.56. The van der Waals surface area contributed by atoms with Crippen molar-refractivity contribution in [2.24, 2.45) is 0 Å². The number of pyridine rings is 1. The number of hydrogen-bond donors (Lipinski definition) is 1. The minimum atomic E-state index is -0.178. The predicted octanol–water partition coefficient (Wildman–Crippen LogP) is 3.75. The fourth-order valence-corrected chi connectivity index (χ4v) is 3.76. The Morgan fingerprint density at radius 1 is 0.971 bits per heavy atom. The molecule has 5 aromatic rings. The Morgan fingerprint density at radius 2 is 1.76 bits per heavy atom. The van der Waals surface area contributed by atoms with Gasteiger partial charge in [0.2, 0.25) is 17.4 Å². The van der Waals surface area contributed by atoms with Gasteiger partial charge in [0.25, 0.3) is 0 Å². The molecule has 9 heteroatoms. The second kappa shape index (κ2) is 9.53. The SMILES string of the molecule is CCCn1nc(C(=O)c2ccccc2)nc1Cc1ccc(-c2ccccc2-c2nn[nH]n2)nc1. The minimum Gasteiger partial charge on any atom is -0.285 e. The third-order valence-electron chi connectivity index (χ3n) is 5.40. The summed E-state index contributed by atoms with van der Waals surface area (Å²) in [6.45, 7) is 2.76. The topological polar surface area (TPSA) is 115 Å². The summed E-state index contributed by atoms with van der Waals surface area (Å²) in [6, 6.07) is 20.9. The number of benzene rings is 2. The average molecular weight is 451 g/mol. The van der Waals surface area contributed by atoms with Crippen LogP contribution in [0.15, 0.2) is 72.9 Å². The van der Waals surface area contributed by atoms with Crippen molar-refractivity contribution in [3.05, 3.63) is 95.7 Å². The summed E-state index contributed by atoms with van der Waals surface area (Å²) in [6.07, 6.45) is 3.24. The lowest BCUT2D eigenvalue weighted by Crippen LogP contribution is -2.07. The molecule has 9 nitrogen and oxygen atoms in total. The summed E-state index contributed by atoms with van der Waals surface area (Å²) < 4.78 is 1.82. The zero-order chi connectivity index (χ0) is 23.3. The van der Waals surface area contributed by atoms with Crippen LogP contribution in [0.5, 0.6) is 0 Å². The summed E-state index contributed by atoms with van der Waals surface area (Å²) in [4.78, 5) is 22.1. The Balaban J connectivity index is 1.41. The Hall–Kier alpha value is -4.53. The number of aromatic nitrogens is 8. The lowest BCUT2D eigenvalue weighted by molar-refractivity contribution is 0.102. The van der Waals surface area contributed by atoms with Crippen molar-refractivity contribution in [3.8, 4) is 22.6 Å². The van der Waals surface area contributed by atoms with Crippen LogP contribution < -0.4 is 0 Å². The third-order valence-corrected chi connectivity index (χ3v) is 5.40. The van der Waals surface area contributed by atoms with Crippen molar-refractivity contribution in [1.29, 1.82) is 0 Å². The molecule has 5 rings (SSSR count). The summed E-state index contributed by atoms with van der Waals surface area (Å²) in [7, 11) is 0. The van der Waals surface area contributed by atoms with Crippen LogP contribution in [0.25, 0.3) is 22.6 Å². The van der Waals surface area contributed by atoms with E-state index in [1.165, 1.54) is 0 Å². The van der Waals surface area contributed by atoms with E-state index < -0.39 is 0 Å². The number of aromatic amines is 1. The first-order valence-electron chi connectivity index (χ1n) is 11.0. The molecule has 0 aliphatic carbocycles. The third kappa shape index (κ3) is 4.36. The molecular formula is C25H22N8O. The van der Waals surface area contributed by atoms with E-state index in [9.17, 15) is 4.79 Å². The number of aryl methyl sites for hydroxylation is 1. The van der Waals surface area contributed by atoms with Crippen LogP contribution >= 0.6 is 0 Å². The molecule has 0 unspecified atom stereocenters. The van der Waals surface area contributed by atoms with Crippen LogP contribution in [0.3, 0.4) is 0 Å². The maximum absolute atomic E-state index is 12.8. The number of carbonyl (C=O) groups excluding carboxylic acids is 1. The maximum atomic E-state index is 12.8. The molecule has 0 saturated carbocycles. The second-order valence-electron chi connectivity index (χ2n) is 7.78. The maximum Gasteiger partial charge on any atom is 0.232 e. The van der Waals surface area contributed by atoms with Gasteiger partial charge in [-0.2, -0.15) is 5.21 Å². The van der Waals surface area contributed by atoms with Crippen LogP contribution in [-0.2, 0) is 13.0 Å². The van der Waals surface area contributed by atoms with Crippen molar-refractivity contribution < 1.29 is 4.79 Å². The zero-order valence-electron chi connectivity index (χ0n) is 18.6. The number of hydrogen-bond acceptors (Lipinski definition) is 7. The molecule has 2 aromatic carbocycles. The van der Waals surface area contributed by atoms with E-state index in [4.69, 9.17) is 0 Å². The molecule has 168 valence electrons. The van der Waals surface area contributed by atoms with E-state index in [0.717, 1.165) is 34.6 Å². The number of nitrogens with zero attached hydrogens (tertiary/aromatic N) is 7. The Bertz CT molecular complexity index is 1390. The van der Waals surface area contributed by atoms with Gasteiger partial charge in [0, 0.05) is 35.9 Å². The smallest absolute Gasteiger partial charge is 0.232 e. The van der Waals surface area contributed by atoms with Crippen LogP contribution in [-0.4, -0.2) is 46.2 Å². The quantitative estimate of drug-likeness (QED) is 0.358. The van der Waals surface area contributed by atoms with Gasteiger partial charge in [-0.25, -0.2) is 9.67 Å². The largest absolute Gasteiger partial charge is 0.285 e. The van der Waals surface area contributed by atoms with E-state index >= 15 is 0 Å². The van der Waals surface area contributed by atoms with Gasteiger partial charge in [0.05, 0.1) is 5.69 Å². The van der Waals surface area contributed by atoms with Gasteiger partial charge in [-0.15, -0.1) is 15.3 Å². The summed E-state index contributed by atoms with van der Waals surface area (Å²) in [5.41, 5.74) is 4.13. The van der Waals surface area contributed by atoms with Crippen molar-refractivity contribution >= 4 is 5.78 Å². The number of ketones is 1. The minimum absolute atomic E-state index is 0.178. The molecule has 0 aliphatic heterocycles.